The number of likely N-dealkylation sites (tertiary alicyclic amines) is 2. The van der Waals surface area contributed by atoms with E-state index in [-0.39, 0.29) is 24.1 Å². The molecule has 2 aliphatic heterocycles. The van der Waals surface area contributed by atoms with Crippen molar-refractivity contribution >= 4 is 17.5 Å². The number of ether oxygens (including phenoxy) is 1. The van der Waals surface area contributed by atoms with E-state index in [1.807, 2.05) is 4.90 Å². The molecule has 0 N–H and O–H groups in total. The van der Waals surface area contributed by atoms with Gasteiger partial charge in [-0.2, -0.15) is 0 Å². The summed E-state index contributed by atoms with van der Waals surface area (Å²) in [4.78, 5) is 21.2. The number of pyridine rings is 1. The van der Waals surface area contributed by atoms with E-state index in [1.165, 1.54) is 25.0 Å². The number of aromatic nitrogens is 1. The van der Waals surface area contributed by atoms with E-state index >= 15 is 0 Å². The zero-order valence-electron chi connectivity index (χ0n) is 16.3. The summed E-state index contributed by atoms with van der Waals surface area (Å²) in [5, 5.41) is 0.410. The number of amides is 1. The molecule has 2 fully saturated rings. The lowest BCUT2D eigenvalue weighted by molar-refractivity contribution is 0.0704. The van der Waals surface area contributed by atoms with Gasteiger partial charge in [0, 0.05) is 37.0 Å². The van der Waals surface area contributed by atoms with Gasteiger partial charge >= 0.3 is 0 Å². The second-order valence-electron chi connectivity index (χ2n) is 7.72. The van der Waals surface area contributed by atoms with E-state index in [2.05, 4.69) is 9.88 Å². The topological polar surface area (TPSA) is 45.7 Å². The molecule has 154 valence electrons. The molecule has 1 aromatic heterocycles. The van der Waals surface area contributed by atoms with Crippen LogP contribution in [0.4, 0.5) is 4.39 Å². The molecule has 0 spiro atoms. The normalized spacial score (nSPS) is 19.7. The highest BCUT2D eigenvalue weighted by Gasteiger charge is 2.32. The highest BCUT2D eigenvalue weighted by atomic mass is 35.5. The second kappa shape index (κ2) is 9.09. The Morgan fingerprint density at radius 2 is 2.00 bits per heavy atom. The number of hydrogen-bond acceptors (Lipinski definition) is 4. The van der Waals surface area contributed by atoms with Gasteiger partial charge < -0.3 is 14.5 Å². The highest BCUT2D eigenvalue weighted by Crippen LogP contribution is 2.25. The Kier molecular flexibility index (Phi) is 6.31. The average Bonchev–Trinajstić information content (AvgIpc) is 3.40. The lowest BCUT2D eigenvalue weighted by Gasteiger charge is -2.28. The van der Waals surface area contributed by atoms with Crippen molar-refractivity contribution < 1.29 is 13.9 Å². The van der Waals surface area contributed by atoms with Crippen LogP contribution in [0.1, 0.15) is 41.6 Å². The molecule has 0 aliphatic carbocycles. The summed E-state index contributed by atoms with van der Waals surface area (Å²) in [6, 6.07) is 8.11. The first kappa shape index (κ1) is 20.1. The molecule has 1 amide bonds. The van der Waals surface area contributed by atoms with Gasteiger partial charge in [-0.05, 0) is 57.0 Å². The van der Waals surface area contributed by atoms with Gasteiger partial charge in [0.1, 0.15) is 23.3 Å². The smallest absolute Gasteiger partial charge is 0.257 e. The van der Waals surface area contributed by atoms with E-state index in [9.17, 15) is 9.18 Å². The Bertz CT molecular complexity index is 856. The molecule has 2 aliphatic rings. The minimum Gasteiger partial charge on any atom is -0.489 e. The van der Waals surface area contributed by atoms with Crippen molar-refractivity contribution in [2.75, 3.05) is 26.2 Å². The average molecular weight is 418 g/mol. The number of carbonyl (C=O) groups excluding carboxylic acids is 1. The Labute approximate surface area is 175 Å². The van der Waals surface area contributed by atoms with Crippen LogP contribution in [0.25, 0.3) is 0 Å². The predicted molar refractivity (Wildman–Crippen MR) is 110 cm³/mol. The maximum absolute atomic E-state index is 14.7. The van der Waals surface area contributed by atoms with E-state index in [1.54, 1.807) is 24.4 Å². The first-order chi connectivity index (χ1) is 14.1. The summed E-state index contributed by atoms with van der Waals surface area (Å²) < 4.78 is 20.3. The summed E-state index contributed by atoms with van der Waals surface area (Å²) in [6.07, 6.45) is 6.03. The molecule has 0 radical (unpaired) electrons. The fraction of sp³-hybridized carbons (Fsp3) is 0.455. The molecule has 7 heteroatoms. The number of nitrogens with zero attached hydrogens (tertiary/aromatic N) is 3. The summed E-state index contributed by atoms with van der Waals surface area (Å²) >= 11 is 5.77. The van der Waals surface area contributed by atoms with Crippen molar-refractivity contribution in [1.29, 1.82) is 0 Å². The molecule has 29 heavy (non-hydrogen) atoms. The molecular formula is C22H25ClFN3O2. The molecule has 2 saturated heterocycles. The third-order valence-electron chi connectivity index (χ3n) is 5.67. The zero-order valence-corrected chi connectivity index (χ0v) is 17.1. The van der Waals surface area contributed by atoms with Gasteiger partial charge in [-0.25, -0.2) is 9.37 Å². The summed E-state index contributed by atoms with van der Waals surface area (Å²) in [7, 11) is 0. The van der Waals surface area contributed by atoms with Crippen LogP contribution in [0.5, 0.6) is 5.75 Å². The van der Waals surface area contributed by atoms with Gasteiger partial charge in [0.25, 0.3) is 5.91 Å². The molecule has 1 atom stereocenters. The Hall–Kier alpha value is -2.18. The van der Waals surface area contributed by atoms with Crippen molar-refractivity contribution in [2.45, 2.75) is 38.3 Å². The first-order valence-electron chi connectivity index (χ1n) is 10.2. The molecule has 1 aromatic carbocycles. The summed E-state index contributed by atoms with van der Waals surface area (Å²) in [6.45, 7) is 4.04. The van der Waals surface area contributed by atoms with Gasteiger partial charge in [-0.1, -0.05) is 17.7 Å². The van der Waals surface area contributed by atoms with Crippen LogP contribution in [-0.2, 0) is 6.61 Å². The molecule has 0 saturated carbocycles. The number of rotatable bonds is 6. The van der Waals surface area contributed by atoms with Crippen LogP contribution < -0.4 is 4.74 Å². The molecular weight excluding hydrogens is 393 g/mol. The Morgan fingerprint density at radius 1 is 1.17 bits per heavy atom. The molecule has 2 aromatic rings. The van der Waals surface area contributed by atoms with Crippen LogP contribution >= 0.6 is 11.6 Å². The van der Waals surface area contributed by atoms with Crippen molar-refractivity contribution in [3.05, 3.63) is 58.6 Å². The maximum Gasteiger partial charge on any atom is 0.257 e. The van der Waals surface area contributed by atoms with Gasteiger partial charge in [0.05, 0.1) is 5.56 Å². The number of benzene rings is 1. The monoisotopic (exact) mass is 417 g/mol. The minimum atomic E-state index is -0.548. The lowest BCUT2D eigenvalue weighted by atomic mass is 10.1. The molecule has 0 bridgehead atoms. The fourth-order valence-electron chi connectivity index (χ4n) is 4.13. The SMILES string of the molecule is O=C(c1ccc(OCc2ccc(Cl)nc2)cc1F)N1CCCC1CN1CCCC1. The van der Waals surface area contributed by atoms with Crippen LogP contribution in [0, 0.1) is 5.82 Å². The molecule has 1 unspecified atom stereocenters. The second-order valence-corrected chi connectivity index (χ2v) is 8.11. The largest absolute Gasteiger partial charge is 0.489 e. The Balaban J connectivity index is 1.39. The number of halogens is 2. The summed E-state index contributed by atoms with van der Waals surface area (Å²) in [5.41, 5.74) is 0.940. The fourth-order valence-corrected chi connectivity index (χ4v) is 4.24. The number of hydrogen-bond donors (Lipinski definition) is 0. The zero-order chi connectivity index (χ0) is 20.2. The van der Waals surface area contributed by atoms with Gasteiger partial charge in [-0.3, -0.25) is 4.79 Å². The molecule has 4 rings (SSSR count). The minimum absolute atomic E-state index is 0.110. The maximum atomic E-state index is 14.7. The van der Waals surface area contributed by atoms with Gasteiger partial charge in [0.2, 0.25) is 0 Å². The number of carbonyl (C=O) groups is 1. The van der Waals surface area contributed by atoms with Crippen molar-refractivity contribution in [2.24, 2.45) is 0 Å². The van der Waals surface area contributed by atoms with E-state index < -0.39 is 5.82 Å². The summed E-state index contributed by atoms with van der Waals surface area (Å²) in [5.74, 6) is -0.393. The molecule has 3 heterocycles. The first-order valence-corrected chi connectivity index (χ1v) is 10.5. The van der Waals surface area contributed by atoms with E-state index in [4.69, 9.17) is 16.3 Å². The molecule has 5 nitrogen and oxygen atoms in total. The van der Waals surface area contributed by atoms with E-state index in [0.717, 1.165) is 38.0 Å². The van der Waals surface area contributed by atoms with Crippen molar-refractivity contribution in [3.63, 3.8) is 0 Å². The van der Waals surface area contributed by atoms with Gasteiger partial charge in [0.15, 0.2) is 0 Å². The van der Waals surface area contributed by atoms with E-state index in [0.29, 0.717) is 17.4 Å². The standard InChI is InChI=1S/C22H25ClFN3O2/c23-21-8-5-16(13-25-21)15-29-18-6-7-19(20(24)12-18)22(28)27-11-3-4-17(27)14-26-9-1-2-10-26/h5-8,12-13,17H,1-4,9-11,14-15H2. The predicted octanol–water partition coefficient (Wildman–Crippen LogP) is 4.15. The van der Waals surface area contributed by atoms with Crippen LogP contribution in [-0.4, -0.2) is 52.9 Å². The van der Waals surface area contributed by atoms with Crippen LogP contribution in [0.2, 0.25) is 5.15 Å². The third kappa shape index (κ3) is 4.87. The van der Waals surface area contributed by atoms with Crippen molar-refractivity contribution in [1.82, 2.24) is 14.8 Å². The van der Waals surface area contributed by atoms with Gasteiger partial charge in [-0.15, -0.1) is 0 Å². The van der Waals surface area contributed by atoms with Crippen molar-refractivity contribution in [3.8, 4) is 5.75 Å². The third-order valence-corrected chi connectivity index (χ3v) is 5.89. The highest BCUT2D eigenvalue weighted by molar-refractivity contribution is 6.29. The van der Waals surface area contributed by atoms with Crippen LogP contribution in [0.3, 0.4) is 0 Å². The lowest BCUT2D eigenvalue weighted by Crippen LogP contribution is -2.42. The van der Waals surface area contributed by atoms with Crippen LogP contribution in [0.15, 0.2) is 36.5 Å². The Morgan fingerprint density at radius 3 is 2.72 bits per heavy atom. The quantitative estimate of drug-likeness (QED) is 0.662.